The van der Waals surface area contributed by atoms with E-state index in [4.69, 9.17) is 0 Å². The molecule has 2 aromatic heterocycles. The topological polar surface area (TPSA) is 117 Å². The van der Waals surface area contributed by atoms with Gasteiger partial charge in [0.2, 0.25) is 5.95 Å². The van der Waals surface area contributed by atoms with Crippen LogP contribution in [0, 0.1) is 17.2 Å². The first kappa shape index (κ1) is 20.0. The summed E-state index contributed by atoms with van der Waals surface area (Å²) in [6.45, 7) is 3.68. The third-order valence-electron chi connectivity index (χ3n) is 5.85. The number of imidazole rings is 1. The fourth-order valence-corrected chi connectivity index (χ4v) is 4.09. The number of aliphatic hydroxyl groups is 1. The van der Waals surface area contributed by atoms with Crippen LogP contribution in [0.2, 0.25) is 0 Å². The highest BCUT2D eigenvalue weighted by atomic mass is 16.3. The van der Waals surface area contributed by atoms with Crippen molar-refractivity contribution >= 4 is 16.8 Å². The van der Waals surface area contributed by atoms with Gasteiger partial charge in [0, 0.05) is 23.8 Å². The molecule has 0 saturated heterocycles. The molecule has 8 heteroatoms. The van der Waals surface area contributed by atoms with Gasteiger partial charge in [0.25, 0.3) is 5.91 Å². The van der Waals surface area contributed by atoms with Crippen molar-refractivity contribution in [3.05, 3.63) is 48.2 Å². The number of rotatable bonds is 4. The molecule has 30 heavy (non-hydrogen) atoms. The summed E-state index contributed by atoms with van der Waals surface area (Å²) in [5.41, 5.74) is 0.363. The van der Waals surface area contributed by atoms with Crippen LogP contribution < -0.4 is 5.32 Å². The van der Waals surface area contributed by atoms with Gasteiger partial charge in [-0.25, -0.2) is 15.0 Å². The fraction of sp³-hybridized carbons (Fsp3) is 0.409. The van der Waals surface area contributed by atoms with Crippen LogP contribution in [0.1, 0.15) is 55.6 Å². The maximum Gasteiger partial charge on any atom is 0.270 e. The minimum absolute atomic E-state index is 0.0250. The largest absolute Gasteiger partial charge is 0.390 e. The Kier molecular flexibility index (Phi) is 5.22. The van der Waals surface area contributed by atoms with Gasteiger partial charge in [-0.2, -0.15) is 5.26 Å². The number of para-hydroxylation sites is 1. The van der Waals surface area contributed by atoms with Gasteiger partial charge < -0.3 is 10.4 Å². The van der Waals surface area contributed by atoms with Crippen LogP contribution in [-0.4, -0.2) is 42.2 Å². The van der Waals surface area contributed by atoms with Crippen molar-refractivity contribution in [2.75, 3.05) is 0 Å². The Hall–Kier alpha value is -3.31. The number of nitrogens with one attached hydrogen (secondary N) is 1. The summed E-state index contributed by atoms with van der Waals surface area (Å²) >= 11 is 0. The van der Waals surface area contributed by atoms with Crippen molar-refractivity contribution in [1.29, 1.82) is 5.26 Å². The monoisotopic (exact) mass is 404 g/mol. The van der Waals surface area contributed by atoms with Crippen LogP contribution in [0.5, 0.6) is 0 Å². The molecule has 3 aromatic rings. The SMILES string of the molecule is CC(C)(O)[C@H]1CC[C@H](NC(=O)c2nc(-n3ccnc3)nc3c(C#N)cccc23)CC1. The first-order valence-corrected chi connectivity index (χ1v) is 10.1. The second-order valence-corrected chi connectivity index (χ2v) is 8.33. The molecule has 2 N–H and O–H groups in total. The molecule has 1 aliphatic carbocycles. The summed E-state index contributed by atoms with van der Waals surface area (Å²) in [4.78, 5) is 26.2. The zero-order chi connectivity index (χ0) is 21.3. The molecular weight excluding hydrogens is 380 g/mol. The standard InChI is InChI=1S/C22H24N6O2/c1-22(2,30)15-6-8-16(9-7-15)25-20(29)19-17-5-3-4-14(12-23)18(17)26-21(27-19)28-11-10-24-13-28/h3-5,10-11,13,15-16,30H,6-9H2,1-2H3,(H,25,29)/t15-,16-. The quantitative estimate of drug-likeness (QED) is 0.691. The molecule has 8 nitrogen and oxygen atoms in total. The van der Waals surface area contributed by atoms with E-state index in [0.717, 1.165) is 25.7 Å². The van der Waals surface area contributed by atoms with Crippen molar-refractivity contribution in [1.82, 2.24) is 24.8 Å². The third-order valence-corrected chi connectivity index (χ3v) is 5.85. The second-order valence-electron chi connectivity index (χ2n) is 8.33. The highest BCUT2D eigenvalue weighted by Crippen LogP contribution is 2.32. The van der Waals surface area contributed by atoms with Gasteiger partial charge in [0.15, 0.2) is 0 Å². The van der Waals surface area contributed by atoms with Crippen molar-refractivity contribution < 1.29 is 9.90 Å². The van der Waals surface area contributed by atoms with Gasteiger partial charge in [-0.15, -0.1) is 0 Å². The van der Waals surface area contributed by atoms with E-state index in [9.17, 15) is 15.2 Å². The summed E-state index contributed by atoms with van der Waals surface area (Å²) in [6.07, 6.45) is 8.17. The van der Waals surface area contributed by atoms with E-state index in [-0.39, 0.29) is 23.6 Å². The lowest BCUT2D eigenvalue weighted by atomic mass is 9.77. The maximum absolute atomic E-state index is 13.2. The van der Waals surface area contributed by atoms with Crippen molar-refractivity contribution in [3.8, 4) is 12.0 Å². The van der Waals surface area contributed by atoms with Gasteiger partial charge >= 0.3 is 0 Å². The van der Waals surface area contributed by atoms with Crippen molar-refractivity contribution in [2.24, 2.45) is 5.92 Å². The molecule has 1 fully saturated rings. The zero-order valence-corrected chi connectivity index (χ0v) is 17.0. The number of benzene rings is 1. The molecule has 0 unspecified atom stereocenters. The van der Waals surface area contributed by atoms with Crippen LogP contribution in [0.3, 0.4) is 0 Å². The predicted octanol–water partition coefficient (Wildman–Crippen LogP) is 2.75. The minimum Gasteiger partial charge on any atom is -0.390 e. The number of amides is 1. The number of nitrogens with zero attached hydrogens (tertiary/aromatic N) is 5. The molecule has 0 radical (unpaired) electrons. The molecule has 2 heterocycles. The highest BCUT2D eigenvalue weighted by Gasteiger charge is 2.32. The van der Waals surface area contributed by atoms with Gasteiger partial charge in [0.05, 0.1) is 16.7 Å². The van der Waals surface area contributed by atoms with E-state index in [1.165, 1.54) is 0 Å². The van der Waals surface area contributed by atoms with E-state index in [1.54, 1.807) is 41.5 Å². The average molecular weight is 404 g/mol. The van der Waals surface area contributed by atoms with Gasteiger partial charge in [-0.3, -0.25) is 9.36 Å². The molecule has 1 aromatic carbocycles. The highest BCUT2D eigenvalue weighted by molar-refractivity contribution is 6.05. The van der Waals surface area contributed by atoms with Crippen LogP contribution >= 0.6 is 0 Å². The summed E-state index contributed by atoms with van der Waals surface area (Å²) in [7, 11) is 0. The van der Waals surface area contributed by atoms with Crippen LogP contribution in [0.4, 0.5) is 0 Å². The Balaban J connectivity index is 1.65. The molecule has 1 amide bonds. The number of nitriles is 1. The Bertz CT molecular complexity index is 1100. The van der Waals surface area contributed by atoms with Crippen molar-refractivity contribution in [3.63, 3.8) is 0 Å². The lowest BCUT2D eigenvalue weighted by Gasteiger charge is -2.36. The number of aromatic nitrogens is 4. The Morgan fingerprint density at radius 3 is 2.67 bits per heavy atom. The van der Waals surface area contributed by atoms with Crippen LogP contribution in [0.25, 0.3) is 16.9 Å². The molecule has 1 aliphatic rings. The van der Waals surface area contributed by atoms with E-state index < -0.39 is 5.60 Å². The third kappa shape index (κ3) is 3.89. The number of hydrogen-bond acceptors (Lipinski definition) is 6. The summed E-state index contributed by atoms with van der Waals surface area (Å²) in [5.74, 6) is 0.237. The molecule has 4 rings (SSSR count). The summed E-state index contributed by atoms with van der Waals surface area (Å²) in [6, 6.07) is 7.32. The zero-order valence-electron chi connectivity index (χ0n) is 17.0. The van der Waals surface area contributed by atoms with Crippen LogP contribution in [0.15, 0.2) is 36.9 Å². The first-order chi connectivity index (χ1) is 14.4. The maximum atomic E-state index is 13.2. The molecule has 0 atom stereocenters. The molecule has 1 saturated carbocycles. The van der Waals surface area contributed by atoms with E-state index >= 15 is 0 Å². The molecule has 154 valence electrons. The van der Waals surface area contributed by atoms with E-state index in [1.807, 2.05) is 13.8 Å². The summed E-state index contributed by atoms with van der Waals surface area (Å²) in [5, 5.41) is 23.4. The molecule has 0 aliphatic heterocycles. The predicted molar refractivity (Wildman–Crippen MR) is 111 cm³/mol. The van der Waals surface area contributed by atoms with E-state index in [0.29, 0.717) is 22.4 Å². The van der Waals surface area contributed by atoms with Crippen molar-refractivity contribution in [2.45, 2.75) is 51.2 Å². The number of fused-ring (bicyclic) bond motifs is 1. The average Bonchev–Trinajstić information content (AvgIpc) is 3.27. The van der Waals surface area contributed by atoms with Crippen LogP contribution in [-0.2, 0) is 0 Å². The number of hydrogen-bond donors (Lipinski definition) is 2. The molecular formula is C22H24N6O2. The Morgan fingerprint density at radius 2 is 2.03 bits per heavy atom. The lowest BCUT2D eigenvalue weighted by Crippen LogP contribution is -2.42. The fourth-order valence-electron chi connectivity index (χ4n) is 4.09. The number of carbonyl (C=O) groups excluding carboxylic acids is 1. The second kappa shape index (κ2) is 7.84. The Labute approximate surface area is 174 Å². The summed E-state index contributed by atoms with van der Waals surface area (Å²) < 4.78 is 1.61. The Morgan fingerprint density at radius 1 is 1.27 bits per heavy atom. The molecule has 0 spiro atoms. The smallest absolute Gasteiger partial charge is 0.270 e. The van der Waals surface area contributed by atoms with Gasteiger partial charge in [-0.1, -0.05) is 12.1 Å². The lowest BCUT2D eigenvalue weighted by molar-refractivity contribution is -0.00258. The molecule has 0 bridgehead atoms. The first-order valence-electron chi connectivity index (χ1n) is 10.1. The normalized spacial score (nSPS) is 19.4. The van der Waals surface area contributed by atoms with Gasteiger partial charge in [0.1, 0.15) is 18.1 Å². The minimum atomic E-state index is -0.703. The van der Waals surface area contributed by atoms with Gasteiger partial charge in [-0.05, 0) is 51.5 Å². The van der Waals surface area contributed by atoms with E-state index in [2.05, 4.69) is 26.3 Å². The number of carbonyl (C=O) groups is 1.